The van der Waals surface area contributed by atoms with E-state index in [-0.39, 0.29) is 0 Å². The minimum Gasteiger partial charge on any atom is -0.170 e. The highest BCUT2D eigenvalue weighted by Gasteiger charge is 2.38. The van der Waals surface area contributed by atoms with Crippen molar-refractivity contribution in [1.82, 2.24) is 0 Å². The summed E-state index contributed by atoms with van der Waals surface area (Å²) in [5.41, 5.74) is 2.02. The predicted octanol–water partition coefficient (Wildman–Crippen LogP) is 4.53. The Labute approximate surface area is 93.8 Å². The topological polar surface area (TPSA) is 0 Å². The van der Waals surface area contributed by atoms with Gasteiger partial charge in [0.1, 0.15) is 0 Å². The molecule has 0 aromatic heterocycles. The minimum atomic E-state index is -4.23. The van der Waals surface area contributed by atoms with E-state index < -0.39 is 12.1 Å². The zero-order valence-electron chi connectivity index (χ0n) is 9.60. The van der Waals surface area contributed by atoms with Crippen molar-refractivity contribution in [2.24, 2.45) is 0 Å². The van der Waals surface area contributed by atoms with Crippen LogP contribution < -0.4 is 0 Å². The molecule has 1 aromatic carbocycles. The molecule has 0 N–H and O–H groups in total. The van der Waals surface area contributed by atoms with Crippen molar-refractivity contribution < 1.29 is 13.2 Å². The molecule has 16 heavy (non-hydrogen) atoms. The lowest BCUT2D eigenvalue weighted by Crippen LogP contribution is -2.19. The van der Waals surface area contributed by atoms with Gasteiger partial charge in [0.15, 0.2) is 0 Å². The first-order valence-electron chi connectivity index (χ1n) is 5.12. The Hall–Kier alpha value is -1.25. The number of benzene rings is 1. The summed E-state index contributed by atoms with van der Waals surface area (Å²) in [6, 6.07) is 5.04. The molecule has 0 amide bonds. The van der Waals surface area contributed by atoms with E-state index in [1.165, 1.54) is 12.2 Å². The third kappa shape index (κ3) is 3.12. The SMILES string of the molecule is C/C=C/C(c1cc(C)cc(C)c1)C(F)(F)F. The van der Waals surface area contributed by atoms with Crippen molar-refractivity contribution in [1.29, 1.82) is 0 Å². The van der Waals surface area contributed by atoms with Gasteiger partial charge in [-0.15, -0.1) is 0 Å². The third-order valence-corrected chi connectivity index (χ3v) is 2.34. The summed E-state index contributed by atoms with van der Waals surface area (Å²) < 4.78 is 38.4. The van der Waals surface area contributed by atoms with Crippen LogP contribution in [0.1, 0.15) is 29.5 Å². The van der Waals surface area contributed by atoms with E-state index in [4.69, 9.17) is 0 Å². The van der Waals surface area contributed by atoms with Crippen molar-refractivity contribution in [3.8, 4) is 0 Å². The maximum atomic E-state index is 12.8. The molecule has 1 unspecified atom stereocenters. The molecule has 0 bridgehead atoms. The van der Waals surface area contributed by atoms with E-state index in [9.17, 15) is 13.2 Å². The Morgan fingerprint density at radius 3 is 1.94 bits per heavy atom. The molecule has 0 aliphatic rings. The van der Waals surface area contributed by atoms with E-state index in [1.807, 2.05) is 6.07 Å². The summed E-state index contributed by atoms with van der Waals surface area (Å²) in [5.74, 6) is -1.50. The quantitative estimate of drug-likeness (QED) is 0.652. The second-order valence-corrected chi connectivity index (χ2v) is 3.97. The lowest BCUT2D eigenvalue weighted by Gasteiger charge is -2.18. The van der Waals surface area contributed by atoms with Gasteiger partial charge in [-0.1, -0.05) is 41.5 Å². The third-order valence-electron chi connectivity index (χ3n) is 2.34. The van der Waals surface area contributed by atoms with Gasteiger partial charge in [-0.25, -0.2) is 0 Å². The lowest BCUT2D eigenvalue weighted by atomic mass is 9.94. The van der Waals surface area contributed by atoms with Gasteiger partial charge in [0.05, 0.1) is 5.92 Å². The molecular weight excluding hydrogens is 213 g/mol. The summed E-state index contributed by atoms with van der Waals surface area (Å²) in [5, 5.41) is 0. The molecular formula is C13H15F3. The van der Waals surface area contributed by atoms with Crippen molar-refractivity contribution in [3.05, 3.63) is 47.0 Å². The Morgan fingerprint density at radius 1 is 1.06 bits per heavy atom. The van der Waals surface area contributed by atoms with Crippen molar-refractivity contribution in [3.63, 3.8) is 0 Å². The molecule has 0 radical (unpaired) electrons. The smallest absolute Gasteiger partial charge is 0.170 e. The fourth-order valence-corrected chi connectivity index (χ4v) is 1.79. The van der Waals surface area contributed by atoms with Gasteiger partial charge in [0, 0.05) is 0 Å². The molecule has 0 spiro atoms. The van der Waals surface area contributed by atoms with Crippen molar-refractivity contribution >= 4 is 0 Å². The highest BCUT2D eigenvalue weighted by atomic mass is 19.4. The molecule has 3 heteroatoms. The summed E-state index contributed by atoms with van der Waals surface area (Å²) in [7, 11) is 0. The van der Waals surface area contributed by atoms with E-state index in [0.717, 1.165) is 11.1 Å². The van der Waals surface area contributed by atoms with Gasteiger partial charge in [0.25, 0.3) is 0 Å². The number of aryl methyl sites for hydroxylation is 2. The van der Waals surface area contributed by atoms with Crippen molar-refractivity contribution in [2.75, 3.05) is 0 Å². The minimum absolute atomic E-state index is 0.308. The zero-order valence-corrected chi connectivity index (χ0v) is 9.60. The van der Waals surface area contributed by atoms with Crippen LogP contribution in [0.5, 0.6) is 0 Å². The lowest BCUT2D eigenvalue weighted by molar-refractivity contribution is -0.139. The molecule has 0 saturated heterocycles. The number of hydrogen-bond acceptors (Lipinski definition) is 0. The molecule has 0 fully saturated rings. The Kier molecular flexibility index (Phi) is 3.79. The number of hydrogen-bond donors (Lipinski definition) is 0. The van der Waals surface area contributed by atoms with E-state index >= 15 is 0 Å². The number of allylic oxidation sites excluding steroid dienone is 2. The monoisotopic (exact) mass is 228 g/mol. The predicted molar refractivity (Wildman–Crippen MR) is 59.5 cm³/mol. The maximum Gasteiger partial charge on any atom is 0.399 e. The molecule has 0 aliphatic heterocycles. The van der Waals surface area contributed by atoms with Crippen LogP contribution in [0.4, 0.5) is 13.2 Å². The summed E-state index contributed by atoms with van der Waals surface area (Å²) in [6.07, 6.45) is -1.60. The van der Waals surface area contributed by atoms with E-state index in [0.29, 0.717) is 5.56 Å². The fourth-order valence-electron chi connectivity index (χ4n) is 1.79. The van der Waals surface area contributed by atoms with Gasteiger partial charge in [0.2, 0.25) is 0 Å². The second-order valence-electron chi connectivity index (χ2n) is 3.97. The van der Waals surface area contributed by atoms with Crippen LogP contribution in [-0.2, 0) is 0 Å². The van der Waals surface area contributed by atoms with Crippen LogP contribution in [-0.4, -0.2) is 6.18 Å². The standard InChI is InChI=1S/C13H15F3/c1-4-5-12(13(14,15)16)11-7-9(2)6-10(3)8-11/h4-8,12H,1-3H3/b5-4+. The molecule has 88 valence electrons. The molecule has 0 aliphatic carbocycles. The van der Waals surface area contributed by atoms with Crippen LogP contribution in [0.2, 0.25) is 0 Å². The van der Waals surface area contributed by atoms with Crippen LogP contribution >= 0.6 is 0 Å². The Balaban J connectivity index is 3.21. The second kappa shape index (κ2) is 4.73. The maximum absolute atomic E-state index is 12.8. The molecule has 0 saturated carbocycles. The van der Waals surface area contributed by atoms with Crippen LogP contribution in [0.15, 0.2) is 30.4 Å². The van der Waals surface area contributed by atoms with Gasteiger partial charge in [-0.2, -0.15) is 13.2 Å². The Bertz CT molecular complexity index is 368. The van der Waals surface area contributed by atoms with Gasteiger partial charge < -0.3 is 0 Å². The summed E-state index contributed by atoms with van der Waals surface area (Å²) in [4.78, 5) is 0. The molecule has 1 rings (SSSR count). The average molecular weight is 228 g/mol. The van der Waals surface area contributed by atoms with Crippen LogP contribution in [0.25, 0.3) is 0 Å². The normalized spacial score (nSPS) is 14.4. The average Bonchev–Trinajstić information content (AvgIpc) is 2.10. The molecule has 1 atom stereocenters. The van der Waals surface area contributed by atoms with Gasteiger partial charge in [-0.3, -0.25) is 0 Å². The van der Waals surface area contributed by atoms with Gasteiger partial charge in [-0.05, 0) is 26.3 Å². The largest absolute Gasteiger partial charge is 0.399 e. The van der Waals surface area contributed by atoms with E-state index in [1.54, 1.807) is 32.9 Å². The van der Waals surface area contributed by atoms with Crippen LogP contribution in [0, 0.1) is 13.8 Å². The number of halogens is 3. The Morgan fingerprint density at radius 2 is 1.56 bits per heavy atom. The fraction of sp³-hybridized carbons (Fsp3) is 0.385. The molecule has 0 heterocycles. The number of alkyl halides is 3. The zero-order chi connectivity index (χ0) is 12.3. The first-order chi connectivity index (χ1) is 7.34. The molecule has 1 aromatic rings. The summed E-state index contributed by atoms with van der Waals surface area (Å²) in [6.45, 7) is 5.21. The summed E-state index contributed by atoms with van der Waals surface area (Å²) >= 11 is 0. The highest BCUT2D eigenvalue weighted by molar-refractivity contribution is 5.34. The number of rotatable bonds is 2. The van der Waals surface area contributed by atoms with E-state index in [2.05, 4.69) is 0 Å². The van der Waals surface area contributed by atoms with Crippen LogP contribution in [0.3, 0.4) is 0 Å². The first-order valence-corrected chi connectivity index (χ1v) is 5.12. The molecule has 0 nitrogen and oxygen atoms in total. The first kappa shape index (κ1) is 12.8. The van der Waals surface area contributed by atoms with Gasteiger partial charge >= 0.3 is 6.18 Å². The van der Waals surface area contributed by atoms with Crippen molar-refractivity contribution in [2.45, 2.75) is 32.9 Å². The highest BCUT2D eigenvalue weighted by Crippen LogP contribution is 2.36.